The highest BCUT2D eigenvalue weighted by molar-refractivity contribution is 6.30. The third-order valence-corrected chi connectivity index (χ3v) is 3.54. The standard InChI is InChI=1S/C17H15ClN4O/c18-14-5-3-4-13(12-14)7-8-17(23)19-10-9-16-21-20-15-6-1-2-11-22(15)16/h1-8,11-12H,9-10H2,(H,19,23)/b8-7+. The van der Waals surface area contributed by atoms with E-state index in [1.165, 1.54) is 6.08 Å². The molecule has 0 aliphatic heterocycles. The Morgan fingerprint density at radius 2 is 2.13 bits per heavy atom. The van der Waals surface area contributed by atoms with E-state index in [-0.39, 0.29) is 5.91 Å². The van der Waals surface area contributed by atoms with Gasteiger partial charge in [0.15, 0.2) is 5.65 Å². The minimum Gasteiger partial charge on any atom is -0.352 e. The van der Waals surface area contributed by atoms with Crippen molar-refractivity contribution in [3.63, 3.8) is 0 Å². The van der Waals surface area contributed by atoms with E-state index in [4.69, 9.17) is 11.6 Å². The smallest absolute Gasteiger partial charge is 0.244 e. The van der Waals surface area contributed by atoms with Crippen LogP contribution in [0.4, 0.5) is 0 Å². The molecule has 0 bridgehead atoms. The van der Waals surface area contributed by atoms with Crippen LogP contribution in [0.1, 0.15) is 11.4 Å². The van der Waals surface area contributed by atoms with Crippen LogP contribution in [0.25, 0.3) is 11.7 Å². The molecule has 0 atom stereocenters. The van der Waals surface area contributed by atoms with Crippen molar-refractivity contribution < 1.29 is 4.79 Å². The molecule has 0 unspecified atom stereocenters. The largest absolute Gasteiger partial charge is 0.352 e. The Labute approximate surface area is 138 Å². The van der Waals surface area contributed by atoms with Gasteiger partial charge >= 0.3 is 0 Å². The fourth-order valence-electron chi connectivity index (χ4n) is 2.20. The molecule has 0 fully saturated rings. The average Bonchev–Trinajstić information content (AvgIpc) is 2.97. The van der Waals surface area contributed by atoms with Crippen molar-refractivity contribution in [2.75, 3.05) is 6.54 Å². The zero-order valence-electron chi connectivity index (χ0n) is 12.3. The average molecular weight is 327 g/mol. The maximum atomic E-state index is 11.8. The molecule has 116 valence electrons. The minimum atomic E-state index is -0.154. The van der Waals surface area contributed by atoms with Gasteiger partial charge in [-0.1, -0.05) is 29.8 Å². The van der Waals surface area contributed by atoms with Crippen molar-refractivity contribution in [3.05, 3.63) is 71.1 Å². The van der Waals surface area contributed by atoms with Gasteiger partial charge < -0.3 is 5.32 Å². The first-order chi connectivity index (χ1) is 11.2. The van der Waals surface area contributed by atoms with Crippen molar-refractivity contribution >= 4 is 29.2 Å². The second-order valence-corrected chi connectivity index (χ2v) is 5.41. The highest BCUT2D eigenvalue weighted by Gasteiger charge is 2.04. The normalized spacial score (nSPS) is 11.2. The van der Waals surface area contributed by atoms with E-state index in [0.717, 1.165) is 17.0 Å². The number of amides is 1. The number of pyridine rings is 1. The molecule has 3 rings (SSSR count). The molecule has 0 aliphatic rings. The zero-order valence-corrected chi connectivity index (χ0v) is 13.1. The van der Waals surface area contributed by atoms with Gasteiger partial charge in [-0.3, -0.25) is 9.20 Å². The van der Waals surface area contributed by atoms with Crippen LogP contribution in [0, 0.1) is 0 Å². The summed E-state index contributed by atoms with van der Waals surface area (Å²) in [5.41, 5.74) is 1.69. The topological polar surface area (TPSA) is 59.3 Å². The number of carbonyl (C=O) groups is 1. The van der Waals surface area contributed by atoms with E-state index >= 15 is 0 Å². The number of carbonyl (C=O) groups excluding carboxylic acids is 1. The third kappa shape index (κ3) is 3.96. The number of rotatable bonds is 5. The lowest BCUT2D eigenvalue weighted by Gasteiger charge is -2.01. The van der Waals surface area contributed by atoms with Gasteiger partial charge in [0.2, 0.25) is 5.91 Å². The zero-order chi connectivity index (χ0) is 16.1. The Morgan fingerprint density at radius 1 is 1.22 bits per heavy atom. The first kappa shape index (κ1) is 15.2. The summed E-state index contributed by atoms with van der Waals surface area (Å²) in [7, 11) is 0. The van der Waals surface area contributed by atoms with Crippen molar-refractivity contribution in [3.8, 4) is 0 Å². The monoisotopic (exact) mass is 326 g/mol. The van der Waals surface area contributed by atoms with Crippen molar-refractivity contribution in [1.29, 1.82) is 0 Å². The van der Waals surface area contributed by atoms with Crippen molar-refractivity contribution in [2.24, 2.45) is 0 Å². The van der Waals surface area contributed by atoms with Crippen LogP contribution < -0.4 is 5.32 Å². The lowest BCUT2D eigenvalue weighted by Crippen LogP contribution is -2.24. The summed E-state index contributed by atoms with van der Waals surface area (Å²) in [6, 6.07) is 13.1. The second-order valence-electron chi connectivity index (χ2n) is 4.97. The van der Waals surface area contributed by atoms with Gasteiger partial charge in [0.1, 0.15) is 5.82 Å². The fraction of sp³-hybridized carbons (Fsp3) is 0.118. The molecular weight excluding hydrogens is 312 g/mol. The molecule has 5 nitrogen and oxygen atoms in total. The first-order valence-electron chi connectivity index (χ1n) is 7.22. The molecule has 0 radical (unpaired) electrons. The quantitative estimate of drug-likeness (QED) is 0.733. The molecule has 2 heterocycles. The Bertz CT molecular complexity index is 856. The summed E-state index contributed by atoms with van der Waals surface area (Å²) in [5, 5.41) is 11.7. The number of fused-ring (bicyclic) bond motifs is 1. The molecule has 0 aliphatic carbocycles. The number of nitrogens with zero attached hydrogens (tertiary/aromatic N) is 3. The lowest BCUT2D eigenvalue weighted by atomic mass is 10.2. The molecule has 1 amide bonds. The Morgan fingerprint density at radius 3 is 3.00 bits per heavy atom. The molecule has 6 heteroatoms. The van der Waals surface area contributed by atoms with E-state index in [0.29, 0.717) is 18.0 Å². The SMILES string of the molecule is O=C(/C=C/c1cccc(Cl)c1)NCCc1nnc2ccccn12. The molecule has 23 heavy (non-hydrogen) atoms. The van der Waals surface area contributed by atoms with Gasteiger partial charge in [-0.2, -0.15) is 0 Å². The van der Waals surface area contributed by atoms with Gasteiger partial charge in [-0.15, -0.1) is 10.2 Å². The van der Waals surface area contributed by atoms with Gasteiger partial charge in [-0.25, -0.2) is 0 Å². The van der Waals surface area contributed by atoms with Gasteiger partial charge in [0.25, 0.3) is 0 Å². The number of halogens is 1. The summed E-state index contributed by atoms with van der Waals surface area (Å²) >= 11 is 5.90. The van der Waals surface area contributed by atoms with Crippen LogP contribution in [-0.4, -0.2) is 27.0 Å². The Balaban J connectivity index is 1.53. The third-order valence-electron chi connectivity index (χ3n) is 3.31. The number of nitrogens with one attached hydrogen (secondary N) is 1. The summed E-state index contributed by atoms with van der Waals surface area (Å²) in [6.07, 6.45) is 5.74. The van der Waals surface area contributed by atoms with Gasteiger partial charge in [-0.05, 0) is 35.9 Å². The summed E-state index contributed by atoms with van der Waals surface area (Å²) in [5.74, 6) is 0.665. The first-order valence-corrected chi connectivity index (χ1v) is 7.60. The highest BCUT2D eigenvalue weighted by atomic mass is 35.5. The number of hydrogen-bond acceptors (Lipinski definition) is 3. The number of aromatic nitrogens is 3. The van der Waals surface area contributed by atoms with Crippen molar-refractivity contribution in [1.82, 2.24) is 19.9 Å². The van der Waals surface area contributed by atoms with Gasteiger partial charge in [0.05, 0.1) is 0 Å². The van der Waals surface area contributed by atoms with E-state index < -0.39 is 0 Å². The van der Waals surface area contributed by atoms with E-state index in [1.807, 2.05) is 40.9 Å². The van der Waals surface area contributed by atoms with E-state index in [1.54, 1.807) is 18.2 Å². The van der Waals surface area contributed by atoms with Crippen LogP contribution in [0.15, 0.2) is 54.7 Å². The van der Waals surface area contributed by atoms with Crippen LogP contribution in [0.5, 0.6) is 0 Å². The Kier molecular flexibility index (Phi) is 4.68. The van der Waals surface area contributed by atoms with E-state index in [2.05, 4.69) is 15.5 Å². The molecule has 0 spiro atoms. The highest BCUT2D eigenvalue weighted by Crippen LogP contribution is 2.11. The lowest BCUT2D eigenvalue weighted by molar-refractivity contribution is -0.116. The molecule has 0 saturated heterocycles. The van der Waals surface area contributed by atoms with E-state index in [9.17, 15) is 4.79 Å². The molecule has 2 aromatic heterocycles. The second kappa shape index (κ2) is 7.07. The van der Waals surface area contributed by atoms with Gasteiger partial charge in [0, 0.05) is 30.3 Å². The maximum Gasteiger partial charge on any atom is 0.244 e. The summed E-state index contributed by atoms with van der Waals surface area (Å²) in [4.78, 5) is 11.8. The van der Waals surface area contributed by atoms with Crippen LogP contribution in [-0.2, 0) is 11.2 Å². The molecule has 0 saturated carbocycles. The molecule has 1 N–H and O–H groups in total. The summed E-state index contributed by atoms with van der Waals surface area (Å²) in [6.45, 7) is 0.494. The number of hydrogen-bond donors (Lipinski definition) is 1. The van der Waals surface area contributed by atoms with Crippen LogP contribution >= 0.6 is 11.6 Å². The maximum absolute atomic E-state index is 11.8. The van der Waals surface area contributed by atoms with Crippen molar-refractivity contribution in [2.45, 2.75) is 6.42 Å². The predicted octanol–water partition coefficient (Wildman–Crippen LogP) is 2.75. The van der Waals surface area contributed by atoms with Crippen LogP contribution in [0.3, 0.4) is 0 Å². The molecule has 1 aromatic carbocycles. The predicted molar refractivity (Wildman–Crippen MR) is 90.2 cm³/mol. The number of benzene rings is 1. The molecular formula is C17H15ClN4O. The summed E-state index contributed by atoms with van der Waals surface area (Å²) < 4.78 is 1.91. The Hall–Kier alpha value is -2.66. The fourth-order valence-corrected chi connectivity index (χ4v) is 2.40. The molecule has 3 aromatic rings. The van der Waals surface area contributed by atoms with Crippen LogP contribution in [0.2, 0.25) is 5.02 Å². The minimum absolute atomic E-state index is 0.154.